The highest BCUT2D eigenvalue weighted by Gasteiger charge is 2.27. The SMILES string of the molecule is CCNc1nnc(C(=O)N(C)CC2CCCN2CC)s1. The highest BCUT2D eigenvalue weighted by Crippen LogP contribution is 2.20. The van der Waals surface area contributed by atoms with Gasteiger partial charge in [-0.1, -0.05) is 18.3 Å². The van der Waals surface area contributed by atoms with Gasteiger partial charge in [0.1, 0.15) is 0 Å². The number of aromatic nitrogens is 2. The van der Waals surface area contributed by atoms with Gasteiger partial charge in [-0.25, -0.2) is 0 Å². The normalized spacial score (nSPS) is 19.2. The molecule has 0 aliphatic carbocycles. The first-order valence-electron chi connectivity index (χ1n) is 7.22. The number of hydrogen-bond acceptors (Lipinski definition) is 6. The molecule has 6 nitrogen and oxygen atoms in total. The van der Waals surface area contributed by atoms with Crippen molar-refractivity contribution in [3.05, 3.63) is 5.01 Å². The lowest BCUT2D eigenvalue weighted by Crippen LogP contribution is -2.41. The average molecular weight is 297 g/mol. The molecule has 1 saturated heterocycles. The lowest BCUT2D eigenvalue weighted by molar-refractivity contribution is 0.0753. The van der Waals surface area contributed by atoms with E-state index in [0.29, 0.717) is 16.2 Å². The van der Waals surface area contributed by atoms with Crippen molar-refractivity contribution in [2.24, 2.45) is 0 Å². The molecule has 1 N–H and O–H groups in total. The van der Waals surface area contributed by atoms with Gasteiger partial charge in [0.25, 0.3) is 5.91 Å². The Labute approximate surface area is 124 Å². The summed E-state index contributed by atoms with van der Waals surface area (Å²) in [5, 5.41) is 12.2. The molecular formula is C13H23N5OS. The van der Waals surface area contributed by atoms with Crippen molar-refractivity contribution < 1.29 is 4.79 Å². The zero-order valence-electron chi connectivity index (χ0n) is 12.4. The van der Waals surface area contributed by atoms with Crippen molar-refractivity contribution in [1.29, 1.82) is 0 Å². The molecule has 0 saturated carbocycles. The Hall–Kier alpha value is -1.21. The number of likely N-dealkylation sites (N-methyl/N-ethyl adjacent to an activating group) is 2. The number of likely N-dealkylation sites (tertiary alicyclic amines) is 1. The Kier molecular flexibility index (Phi) is 5.31. The Morgan fingerprint density at radius 1 is 1.50 bits per heavy atom. The molecule has 1 aliphatic heterocycles. The standard InChI is InChI=1S/C13H23N5OS/c1-4-14-13-16-15-11(20-13)12(19)17(3)9-10-7-6-8-18(10)5-2/h10H,4-9H2,1-3H3,(H,14,16). The van der Waals surface area contributed by atoms with Crippen LogP contribution in [0.2, 0.25) is 0 Å². The zero-order valence-corrected chi connectivity index (χ0v) is 13.2. The molecule has 1 aliphatic rings. The van der Waals surface area contributed by atoms with Crippen molar-refractivity contribution in [2.45, 2.75) is 32.7 Å². The minimum absolute atomic E-state index is 0.0328. The van der Waals surface area contributed by atoms with Gasteiger partial charge in [-0.15, -0.1) is 10.2 Å². The summed E-state index contributed by atoms with van der Waals surface area (Å²) in [6.45, 7) is 7.92. The van der Waals surface area contributed by atoms with Gasteiger partial charge in [-0.2, -0.15) is 0 Å². The molecule has 1 fully saturated rings. The molecule has 1 atom stereocenters. The molecule has 1 aromatic heterocycles. The van der Waals surface area contributed by atoms with E-state index < -0.39 is 0 Å². The van der Waals surface area contributed by atoms with E-state index in [0.717, 1.165) is 26.2 Å². The molecule has 2 heterocycles. The van der Waals surface area contributed by atoms with Crippen LogP contribution in [-0.4, -0.2) is 65.2 Å². The first-order valence-corrected chi connectivity index (χ1v) is 8.04. The van der Waals surface area contributed by atoms with Crippen molar-refractivity contribution >= 4 is 22.4 Å². The molecule has 112 valence electrons. The first-order chi connectivity index (χ1) is 9.65. The molecule has 1 aromatic rings. The van der Waals surface area contributed by atoms with Gasteiger partial charge in [-0.05, 0) is 32.9 Å². The van der Waals surface area contributed by atoms with Crippen LogP contribution in [0.15, 0.2) is 0 Å². The molecule has 1 unspecified atom stereocenters. The van der Waals surface area contributed by atoms with Gasteiger partial charge in [0.05, 0.1) is 0 Å². The predicted octanol–water partition coefficient (Wildman–Crippen LogP) is 1.53. The fraction of sp³-hybridized carbons (Fsp3) is 0.769. The van der Waals surface area contributed by atoms with Crippen LogP contribution in [0.1, 0.15) is 36.5 Å². The molecular weight excluding hydrogens is 274 g/mol. The topological polar surface area (TPSA) is 61.4 Å². The average Bonchev–Trinajstić information content (AvgIpc) is 3.07. The number of hydrogen-bond donors (Lipinski definition) is 1. The number of nitrogens with one attached hydrogen (secondary N) is 1. The second kappa shape index (κ2) is 6.99. The molecule has 0 aromatic carbocycles. The summed E-state index contributed by atoms with van der Waals surface area (Å²) in [6.07, 6.45) is 2.40. The number of rotatable bonds is 6. The maximum absolute atomic E-state index is 12.3. The van der Waals surface area contributed by atoms with E-state index in [2.05, 4.69) is 27.3 Å². The summed E-state index contributed by atoms with van der Waals surface area (Å²) < 4.78 is 0. The van der Waals surface area contributed by atoms with Crippen LogP contribution in [-0.2, 0) is 0 Å². The summed E-state index contributed by atoms with van der Waals surface area (Å²) in [7, 11) is 1.85. The molecule has 7 heteroatoms. The van der Waals surface area contributed by atoms with Gasteiger partial charge >= 0.3 is 0 Å². The number of anilines is 1. The maximum Gasteiger partial charge on any atom is 0.284 e. The predicted molar refractivity (Wildman–Crippen MR) is 81.3 cm³/mol. The van der Waals surface area contributed by atoms with Crippen LogP contribution in [0.3, 0.4) is 0 Å². The van der Waals surface area contributed by atoms with Gasteiger partial charge in [0.15, 0.2) is 0 Å². The Balaban J connectivity index is 1.93. The van der Waals surface area contributed by atoms with Crippen LogP contribution in [0.25, 0.3) is 0 Å². The van der Waals surface area contributed by atoms with Crippen molar-refractivity contribution in [3.8, 4) is 0 Å². The number of carbonyl (C=O) groups excluding carboxylic acids is 1. The highest BCUT2D eigenvalue weighted by molar-refractivity contribution is 7.17. The Bertz CT molecular complexity index is 450. The van der Waals surface area contributed by atoms with E-state index >= 15 is 0 Å². The minimum atomic E-state index is -0.0328. The maximum atomic E-state index is 12.3. The van der Waals surface area contributed by atoms with Crippen LogP contribution in [0.4, 0.5) is 5.13 Å². The largest absolute Gasteiger partial charge is 0.360 e. The van der Waals surface area contributed by atoms with Gasteiger partial charge < -0.3 is 10.2 Å². The Morgan fingerprint density at radius 2 is 2.30 bits per heavy atom. The minimum Gasteiger partial charge on any atom is -0.360 e. The van der Waals surface area contributed by atoms with E-state index in [1.165, 1.54) is 24.2 Å². The smallest absolute Gasteiger partial charge is 0.284 e. The van der Waals surface area contributed by atoms with Crippen LogP contribution >= 0.6 is 11.3 Å². The molecule has 0 spiro atoms. The zero-order chi connectivity index (χ0) is 14.5. The van der Waals surface area contributed by atoms with E-state index in [1.807, 2.05) is 14.0 Å². The number of nitrogens with zero attached hydrogens (tertiary/aromatic N) is 4. The number of carbonyl (C=O) groups is 1. The summed E-state index contributed by atoms with van der Waals surface area (Å²) >= 11 is 1.32. The summed E-state index contributed by atoms with van der Waals surface area (Å²) in [4.78, 5) is 16.5. The van der Waals surface area contributed by atoms with Crippen LogP contribution in [0, 0.1) is 0 Å². The third kappa shape index (κ3) is 3.46. The van der Waals surface area contributed by atoms with E-state index in [-0.39, 0.29) is 5.91 Å². The second-order valence-electron chi connectivity index (χ2n) is 5.05. The molecule has 2 rings (SSSR count). The lowest BCUT2D eigenvalue weighted by Gasteiger charge is -2.27. The van der Waals surface area contributed by atoms with Gasteiger partial charge in [0.2, 0.25) is 10.1 Å². The third-order valence-corrected chi connectivity index (χ3v) is 4.54. The van der Waals surface area contributed by atoms with Crippen molar-refractivity contribution in [1.82, 2.24) is 20.0 Å². The Morgan fingerprint density at radius 3 is 3.00 bits per heavy atom. The molecule has 0 radical (unpaired) electrons. The lowest BCUT2D eigenvalue weighted by atomic mass is 10.2. The fourth-order valence-corrected chi connectivity index (χ4v) is 3.42. The molecule has 1 amide bonds. The fourth-order valence-electron chi connectivity index (χ4n) is 2.61. The molecule has 20 heavy (non-hydrogen) atoms. The number of amides is 1. The second-order valence-corrected chi connectivity index (χ2v) is 6.03. The van der Waals surface area contributed by atoms with E-state index in [4.69, 9.17) is 0 Å². The van der Waals surface area contributed by atoms with Crippen LogP contribution < -0.4 is 5.32 Å². The molecule has 0 bridgehead atoms. The van der Waals surface area contributed by atoms with E-state index in [1.54, 1.807) is 4.90 Å². The van der Waals surface area contributed by atoms with E-state index in [9.17, 15) is 4.79 Å². The highest BCUT2D eigenvalue weighted by atomic mass is 32.1. The third-order valence-electron chi connectivity index (χ3n) is 3.67. The quantitative estimate of drug-likeness (QED) is 0.863. The van der Waals surface area contributed by atoms with Gasteiger partial charge in [-0.3, -0.25) is 9.69 Å². The summed E-state index contributed by atoms with van der Waals surface area (Å²) in [5.41, 5.74) is 0. The van der Waals surface area contributed by atoms with Crippen molar-refractivity contribution in [3.63, 3.8) is 0 Å². The van der Waals surface area contributed by atoms with Crippen molar-refractivity contribution in [2.75, 3.05) is 38.5 Å². The first kappa shape index (κ1) is 15.2. The van der Waals surface area contributed by atoms with Gasteiger partial charge in [0, 0.05) is 26.2 Å². The summed E-state index contributed by atoms with van der Waals surface area (Å²) in [6, 6.07) is 0.482. The summed E-state index contributed by atoms with van der Waals surface area (Å²) in [5.74, 6) is -0.0328. The van der Waals surface area contributed by atoms with Crippen LogP contribution in [0.5, 0.6) is 0 Å². The monoisotopic (exact) mass is 297 g/mol.